The smallest absolute Gasteiger partial charge is 0.271 e. The van der Waals surface area contributed by atoms with Crippen LogP contribution in [0.1, 0.15) is 36.3 Å². The first kappa shape index (κ1) is 15.7. The summed E-state index contributed by atoms with van der Waals surface area (Å²) >= 11 is 0. The van der Waals surface area contributed by atoms with Gasteiger partial charge in [-0.2, -0.15) is 4.68 Å². The minimum absolute atomic E-state index is 0.0308. The van der Waals surface area contributed by atoms with Gasteiger partial charge >= 0.3 is 5.69 Å². The summed E-state index contributed by atoms with van der Waals surface area (Å²) in [6.07, 6.45) is 1.55. The number of hydrogen-bond acceptors (Lipinski definition) is 2. The molecule has 0 unspecified atom stereocenters. The second-order valence-corrected chi connectivity index (χ2v) is 6.38. The number of hydrogen-bond donors (Lipinski definition) is 0. The number of benzene rings is 2. The number of aromatic nitrogens is 3. The molecule has 0 N–H and O–H groups in total. The minimum atomic E-state index is -2.90. The molecule has 1 atom stereocenters. The van der Waals surface area contributed by atoms with Gasteiger partial charge in [-0.05, 0) is 24.1 Å². The van der Waals surface area contributed by atoms with Gasteiger partial charge in [0.1, 0.15) is 5.82 Å². The van der Waals surface area contributed by atoms with Gasteiger partial charge in [0.2, 0.25) is 0 Å². The number of nitrogens with zero attached hydrogens (tertiary/aromatic N) is 3. The van der Waals surface area contributed by atoms with Crippen molar-refractivity contribution in [1.82, 2.24) is 14.3 Å². The first-order valence-electron chi connectivity index (χ1n) is 8.19. The topological polar surface area (TPSA) is 39.8 Å². The minimum Gasteiger partial charge on any atom is -0.271 e. The number of aryl methyl sites for hydroxylation is 1. The van der Waals surface area contributed by atoms with Crippen LogP contribution in [0.5, 0.6) is 0 Å². The number of halogens is 2. The van der Waals surface area contributed by atoms with E-state index in [2.05, 4.69) is 5.10 Å². The lowest BCUT2D eigenvalue weighted by atomic mass is 10.1. The molecule has 128 valence electrons. The molecule has 1 aromatic heterocycles. The van der Waals surface area contributed by atoms with Gasteiger partial charge in [-0.1, -0.05) is 42.5 Å². The largest absolute Gasteiger partial charge is 0.351 e. The summed E-state index contributed by atoms with van der Waals surface area (Å²) in [7, 11) is 0. The van der Waals surface area contributed by atoms with Crippen LogP contribution in [0.15, 0.2) is 59.4 Å². The Morgan fingerprint density at radius 1 is 1.08 bits per heavy atom. The van der Waals surface area contributed by atoms with Crippen LogP contribution >= 0.6 is 0 Å². The molecule has 3 aromatic rings. The molecule has 2 aromatic carbocycles. The average Bonchev–Trinajstić information content (AvgIpc) is 3.16. The fourth-order valence-corrected chi connectivity index (χ4v) is 3.35. The third-order valence-corrected chi connectivity index (χ3v) is 4.64. The van der Waals surface area contributed by atoms with Crippen molar-refractivity contribution in [2.24, 2.45) is 0 Å². The predicted octanol–water partition coefficient (Wildman–Crippen LogP) is 3.68. The van der Waals surface area contributed by atoms with Crippen LogP contribution in [0.3, 0.4) is 0 Å². The molecule has 0 saturated heterocycles. The molecule has 0 bridgehead atoms. The Bertz CT molecular complexity index is 953. The number of rotatable bonds is 3. The van der Waals surface area contributed by atoms with E-state index in [9.17, 15) is 13.6 Å². The van der Waals surface area contributed by atoms with Crippen LogP contribution in [0.25, 0.3) is 5.69 Å². The summed E-state index contributed by atoms with van der Waals surface area (Å²) in [5, 5.41) is 4.41. The fourth-order valence-electron chi connectivity index (χ4n) is 3.35. The molecule has 4 nitrogen and oxygen atoms in total. The third-order valence-electron chi connectivity index (χ3n) is 4.64. The van der Waals surface area contributed by atoms with Crippen molar-refractivity contribution >= 4 is 0 Å². The normalized spacial score (nSPS) is 16.8. The molecule has 4 rings (SSSR count). The Hall–Kier alpha value is -2.76. The Labute approximate surface area is 143 Å². The Balaban J connectivity index is 1.74. The molecule has 0 fully saturated rings. The molecule has 0 aliphatic carbocycles. The lowest BCUT2D eigenvalue weighted by Crippen LogP contribution is -2.26. The van der Waals surface area contributed by atoms with Crippen molar-refractivity contribution in [1.29, 1.82) is 0 Å². The van der Waals surface area contributed by atoms with E-state index in [1.165, 1.54) is 28.9 Å². The van der Waals surface area contributed by atoms with Crippen LogP contribution in [-0.2, 0) is 12.3 Å². The molecule has 1 aliphatic heterocycles. The van der Waals surface area contributed by atoms with Gasteiger partial charge < -0.3 is 0 Å². The van der Waals surface area contributed by atoms with Gasteiger partial charge in [-0.3, -0.25) is 4.57 Å². The maximum atomic E-state index is 13.4. The van der Waals surface area contributed by atoms with E-state index in [-0.39, 0.29) is 17.3 Å². The molecule has 2 heterocycles. The highest BCUT2D eigenvalue weighted by Crippen LogP contribution is 2.30. The summed E-state index contributed by atoms with van der Waals surface area (Å²) < 4.78 is 29.7. The van der Waals surface area contributed by atoms with Gasteiger partial charge in [0.05, 0.1) is 11.7 Å². The SMILES string of the molecule is CC(F)(F)c1ccc(-n2nc3n(c2=O)[C@H](c2ccccc2)CC3)cc1. The first-order chi connectivity index (χ1) is 11.9. The standard InChI is InChI=1S/C19H17F2N3O/c1-19(20,21)14-7-9-15(10-8-14)24-18(25)23-16(11-12-17(23)22-24)13-5-3-2-4-6-13/h2-10,16H,11-12H2,1H3/t16-/m0/s1. The van der Waals surface area contributed by atoms with Crippen molar-refractivity contribution in [3.8, 4) is 5.69 Å². The van der Waals surface area contributed by atoms with Crippen molar-refractivity contribution in [2.75, 3.05) is 0 Å². The van der Waals surface area contributed by atoms with E-state index in [1.807, 2.05) is 30.3 Å². The molecule has 0 spiro atoms. The molecule has 0 amide bonds. The van der Waals surface area contributed by atoms with E-state index in [0.717, 1.165) is 24.7 Å². The van der Waals surface area contributed by atoms with Gasteiger partial charge in [0.15, 0.2) is 0 Å². The van der Waals surface area contributed by atoms with Crippen molar-refractivity contribution < 1.29 is 8.78 Å². The summed E-state index contributed by atoms with van der Waals surface area (Å²) in [6.45, 7) is 0.851. The first-order valence-corrected chi connectivity index (χ1v) is 8.19. The lowest BCUT2D eigenvalue weighted by Gasteiger charge is -2.12. The van der Waals surface area contributed by atoms with Crippen LogP contribution in [-0.4, -0.2) is 14.3 Å². The highest BCUT2D eigenvalue weighted by Gasteiger charge is 2.29. The second kappa shape index (κ2) is 5.65. The maximum Gasteiger partial charge on any atom is 0.351 e. The summed E-state index contributed by atoms with van der Waals surface area (Å²) in [4.78, 5) is 12.8. The summed E-state index contributed by atoms with van der Waals surface area (Å²) in [5.41, 5.74) is 1.24. The third kappa shape index (κ3) is 2.67. The molecule has 25 heavy (non-hydrogen) atoms. The predicted molar refractivity (Wildman–Crippen MR) is 90.3 cm³/mol. The maximum absolute atomic E-state index is 13.4. The Morgan fingerprint density at radius 3 is 2.40 bits per heavy atom. The van der Waals surface area contributed by atoms with E-state index in [0.29, 0.717) is 12.1 Å². The van der Waals surface area contributed by atoms with Gasteiger partial charge in [-0.25, -0.2) is 13.6 Å². The lowest BCUT2D eigenvalue weighted by molar-refractivity contribution is 0.0175. The highest BCUT2D eigenvalue weighted by atomic mass is 19.3. The fraction of sp³-hybridized carbons (Fsp3) is 0.263. The van der Waals surface area contributed by atoms with Crippen LogP contribution in [0.4, 0.5) is 8.78 Å². The number of alkyl halides is 2. The van der Waals surface area contributed by atoms with Crippen LogP contribution < -0.4 is 5.69 Å². The van der Waals surface area contributed by atoms with Crippen LogP contribution in [0.2, 0.25) is 0 Å². The van der Waals surface area contributed by atoms with Crippen molar-refractivity contribution in [2.45, 2.75) is 31.7 Å². The van der Waals surface area contributed by atoms with E-state index in [1.54, 1.807) is 4.57 Å². The van der Waals surface area contributed by atoms with Gasteiger partial charge in [0.25, 0.3) is 5.92 Å². The zero-order valence-corrected chi connectivity index (χ0v) is 13.7. The summed E-state index contributed by atoms with van der Waals surface area (Å²) in [5.74, 6) is -2.18. The Kier molecular flexibility index (Phi) is 3.56. The zero-order valence-electron chi connectivity index (χ0n) is 13.7. The number of fused-ring (bicyclic) bond motifs is 1. The second-order valence-electron chi connectivity index (χ2n) is 6.38. The highest BCUT2D eigenvalue weighted by molar-refractivity contribution is 5.35. The quantitative estimate of drug-likeness (QED) is 0.729. The molecule has 0 saturated carbocycles. The molecular formula is C19H17F2N3O. The molecule has 6 heteroatoms. The summed E-state index contributed by atoms with van der Waals surface area (Å²) in [6, 6.07) is 15.5. The van der Waals surface area contributed by atoms with Gasteiger partial charge in [-0.15, -0.1) is 5.10 Å². The monoisotopic (exact) mass is 341 g/mol. The van der Waals surface area contributed by atoms with E-state index < -0.39 is 5.92 Å². The Morgan fingerprint density at radius 2 is 1.76 bits per heavy atom. The van der Waals surface area contributed by atoms with Crippen molar-refractivity contribution in [3.05, 3.63) is 82.0 Å². The van der Waals surface area contributed by atoms with Crippen molar-refractivity contribution in [3.63, 3.8) is 0 Å². The average molecular weight is 341 g/mol. The molecule has 1 aliphatic rings. The van der Waals surface area contributed by atoms with Gasteiger partial charge in [0, 0.05) is 18.9 Å². The zero-order chi connectivity index (χ0) is 17.6. The van der Waals surface area contributed by atoms with E-state index in [4.69, 9.17) is 0 Å². The molecular weight excluding hydrogens is 324 g/mol. The van der Waals surface area contributed by atoms with Crippen LogP contribution in [0, 0.1) is 0 Å². The molecule has 0 radical (unpaired) electrons. The van der Waals surface area contributed by atoms with E-state index >= 15 is 0 Å².